The molecule has 0 unspecified atom stereocenters. The van der Waals surface area contributed by atoms with E-state index in [-0.39, 0.29) is 29.9 Å². The minimum absolute atomic E-state index is 0.0135. The van der Waals surface area contributed by atoms with Crippen molar-refractivity contribution in [1.29, 1.82) is 5.26 Å². The van der Waals surface area contributed by atoms with Gasteiger partial charge in [0.05, 0.1) is 18.2 Å². The zero-order chi connectivity index (χ0) is 14.4. The number of rotatable bonds is 6. The molecular formula is C12H22N2O3S. The first-order valence-corrected chi connectivity index (χ1v) is 7.94. The van der Waals surface area contributed by atoms with Gasteiger partial charge in [-0.3, -0.25) is 4.79 Å². The first-order valence-electron chi connectivity index (χ1n) is 5.87. The van der Waals surface area contributed by atoms with Crippen LogP contribution in [0.15, 0.2) is 0 Å². The molecule has 5 nitrogen and oxygen atoms in total. The number of carbonyl (C=O) groups is 1. The predicted octanol–water partition coefficient (Wildman–Crippen LogP) is 1.21. The Labute approximate surface area is 110 Å². The Morgan fingerprint density at radius 1 is 1.33 bits per heavy atom. The second kappa shape index (κ2) is 6.74. The summed E-state index contributed by atoms with van der Waals surface area (Å²) in [4.78, 5) is 13.5. The number of hydrogen-bond acceptors (Lipinski definition) is 4. The molecule has 0 fully saturated rings. The molecule has 0 atom stereocenters. The summed E-state index contributed by atoms with van der Waals surface area (Å²) in [5.74, 6) is -0.343. The third-order valence-corrected chi connectivity index (χ3v) is 3.14. The summed E-state index contributed by atoms with van der Waals surface area (Å²) in [6.45, 7) is 6.87. The minimum atomic E-state index is -3.13. The van der Waals surface area contributed by atoms with Crippen LogP contribution >= 0.6 is 0 Å². The fraction of sp³-hybridized carbons (Fsp3) is 0.833. The van der Waals surface area contributed by atoms with Crippen molar-refractivity contribution < 1.29 is 13.2 Å². The molecule has 0 aromatic rings. The maximum atomic E-state index is 11.9. The monoisotopic (exact) mass is 274 g/mol. The lowest BCUT2D eigenvalue weighted by atomic mass is 9.96. The number of hydrogen-bond donors (Lipinski definition) is 0. The van der Waals surface area contributed by atoms with Crippen molar-refractivity contribution in [1.82, 2.24) is 4.90 Å². The number of nitriles is 1. The van der Waals surface area contributed by atoms with Gasteiger partial charge >= 0.3 is 0 Å². The fourth-order valence-corrected chi connectivity index (χ4v) is 2.03. The van der Waals surface area contributed by atoms with Crippen LogP contribution in [-0.4, -0.2) is 44.3 Å². The molecule has 0 spiro atoms. The molecule has 6 heteroatoms. The van der Waals surface area contributed by atoms with Gasteiger partial charge in [-0.15, -0.1) is 0 Å². The van der Waals surface area contributed by atoms with Crippen molar-refractivity contribution in [2.45, 2.75) is 33.6 Å². The van der Waals surface area contributed by atoms with Gasteiger partial charge in [0.25, 0.3) is 0 Å². The van der Waals surface area contributed by atoms with E-state index in [0.717, 1.165) is 6.26 Å². The standard InChI is InChI=1S/C12H22N2O3S/c1-12(2,3)10-14(8-5-7-13)11(15)6-9-18(4,16)17/h5-6,8-10H2,1-4H3. The quantitative estimate of drug-likeness (QED) is 0.729. The van der Waals surface area contributed by atoms with Crippen molar-refractivity contribution in [2.24, 2.45) is 5.41 Å². The van der Waals surface area contributed by atoms with Crippen LogP contribution < -0.4 is 0 Å². The van der Waals surface area contributed by atoms with Crippen molar-refractivity contribution in [3.8, 4) is 6.07 Å². The molecule has 0 N–H and O–H groups in total. The lowest BCUT2D eigenvalue weighted by Gasteiger charge is -2.29. The predicted molar refractivity (Wildman–Crippen MR) is 70.6 cm³/mol. The molecule has 0 aliphatic rings. The lowest BCUT2D eigenvalue weighted by Crippen LogP contribution is -2.39. The van der Waals surface area contributed by atoms with Crippen molar-refractivity contribution in [3.05, 3.63) is 0 Å². The van der Waals surface area contributed by atoms with E-state index in [4.69, 9.17) is 5.26 Å². The second-order valence-corrected chi connectivity index (χ2v) is 7.92. The summed E-state index contributed by atoms with van der Waals surface area (Å²) in [5, 5.41) is 8.57. The third-order valence-electron chi connectivity index (χ3n) is 2.20. The number of nitrogens with zero attached hydrogens (tertiary/aromatic N) is 2. The van der Waals surface area contributed by atoms with Crippen LogP contribution in [0.3, 0.4) is 0 Å². The van der Waals surface area contributed by atoms with E-state index in [1.54, 1.807) is 4.90 Å². The second-order valence-electron chi connectivity index (χ2n) is 5.66. The topological polar surface area (TPSA) is 78.2 Å². The van der Waals surface area contributed by atoms with Gasteiger partial charge in [0.1, 0.15) is 9.84 Å². The van der Waals surface area contributed by atoms with Crippen molar-refractivity contribution >= 4 is 15.7 Å². The smallest absolute Gasteiger partial charge is 0.223 e. The molecule has 0 aromatic carbocycles. The largest absolute Gasteiger partial charge is 0.341 e. The Morgan fingerprint density at radius 2 is 1.89 bits per heavy atom. The maximum absolute atomic E-state index is 11.9. The van der Waals surface area contributed by atoms with E-state index >= 15 is 0 Å². The average Bonchev–Trinajstić information content (AvgIpc) is 2.18. The van der Waals surface area contributed by atoms with E-state index in [0.29, 0.717) is 13.1 Å². The van der Waals surface area contributed by atoms with Gasteiger partial charge in [0.15, 0.2) is 0 Å². The summed E-state index contributed by atoms with van der Waals surface area (Å²) in [5.41, 5.74) is -0.0732. The van der Waals surface area contributed by atoms with Crippen LogP contribution in [-0.2, 0) is 14.6 Å². The summed E-state index contributed by atoms with van der Waals surface area (Å²) in [6.07, 6.45) is 1.37. The van der Waals surface area contributed by atoms with Crippen LogP contribution in [0.5, 0.6) is 0 Å². The molecule has 0 rings (SSSR count). The van der Waals surface area contributed by atoms with Gasteiger partial charge < -0.3 is 4.90 Å². The van der Waals surface area contributed by atoms with Gasteiger partial charge in [-0.1, -0.05) is 20.8 Å². The number of amides is 1. The highest BCUT2D eigenvalue weighted by atomic mass is 32.2. The molecule has 0 aromatic heterocycles. The normalized spacial score (nSPS) is 11.9. The molecule has 0 saturated carbocycles. The molecule has 18 heavy (non-hydrogen) atoms. The Balaban J connectivity index is 4.55. The molecule has 0 radical (unpaired) electrons. The van der Waals surface area contributed by atoms with Crippen LogP contribution in [0.1, 0.15) is 33.6 Å². The van der Waals surface area contributed by atoms with Gasteiger partial charge in [-0.25, -0.2) is 8.42 Å². The number of sulfone groups is 1. The van der Waals surface area contributed by atoms with Crippen LogP contribution in [0.2, 0.25) is 0 Å². The summed E-state index contributed by atoms with van der Waals surface area (Å²) in [7, 11) is -3.13. The Morgan fingerprint density at radius 3 is 2.28 bits per heavy atom. The summed E-state index contributed by atoms with van der Waals surface area (Å²) < 4.78 is 22.1. The first kappa shape index (κ1) is 16.9. The molecule has 0 aliphatic heterocycles. The fourth-order valence-electron chi connectivity index (χ4n) is 1.48. The van der Waals surface area contributed by atoms with Crippen LogP contribution in [0.25, 0.3) is 0 Å². The molecule has 104 valence electrons. The highest BCUT2D eigenvalue weighted by Crippen LogP contribution is 2.16. The number of carbonyl (C=O) groups excluding carboxylic acids is 1. The Kier molecular flexibility index (Phi) is 6.33. The van der Waals surface area contributed by atoms with Gasteiger partial charge in [0.2, 0.25) is 5.91 Å². The van der Waals surface area contributed by atoms with Crippen molar-refractivity contribution in [2.75, 3.05) is 25.1 Å². The van der Waals surface area contributed by atoms with Crippen molar-refractivity contribution in [3.63, 3.8) is 0 Å². The molecule has 0 heterocycles. The molecule has 1 amide bonds. The zero-order valence-electron chi connectivity index (χ0n) is 11.6. The van der Waals surface area contributed by atoms with Gasteiger partial charge in [-0.05, 0) is 5.41 Å². The highest BCUT2D eigenvalue weighted by molar-refractivity contribution is 7.90. The van der Waals surface area contributed by atoms with E-state index in [2.05, 4.69) is 0 Å². The Hall–Kier alpha value is -1.09. The lowest BCUT2D eigenvalue weighted by molar-refractivity contribution is -0.132. The molecule has 0 bridgehead atoms. The van der Waals surface area contributed by atoms with Gasteiger partial charge in [-0.2, -0.15) is 5.26 Å². The Bertz CT molecular complexity index is 416. The minimum Gasteiger partial charge on any atom is -0.341 e. The average molecular weight is 274 g/mol. The molecule has 0 saturated heterocycles. The summed E-state index contributed by atoms with van der Waals surface area (Å²) >= 11 is 0. The third kappa shape index (κ3) is 8.99. The molecule has 0 aliphatic carbocycles. The van der Waals surface area contributed by atoms with E-state index < -0.39 is 9.84 Å². The van der Waals surface area contributed by atoms with E-state index in [1.807, 2.05) is 26.8 Å². The SMILES string of the molecule is CC(C)(C)CN(CCC#N)C(=O)CCS(C)(=O)=O. The van der Waals surface area contributed by atoms with E-state index in [9.17, 15) is 13.2 Å². The van der Waals surface area contributed by atoms with Crippen LogP contribution in [0, 0.1) is 16.7 Å². The highest BCUT2D eigenvalue weighted by Gasteiger charge is 2.21. The summed E-state index contributed by atoms with van der Waals surface area (Å²) in [6, 6.07) is 2.00. The van der Waals surface area contributed by atoms with Gasteiger partial charge in [0, 0.05) is 25.8 Å². The zero-order valence-corrected chi connectivity index (χ0v) is 12.4. The van der Waals surface area contributed by atoms with E-state index in [1.165, 1.54) is 0 Å². The first-order chi connectivity index (χ1) is 8.05. The van der Waals surface area contributed by atoms with Crippen LogP contribution in [0.4, 0.5) is 0 Å². The maximum Gasteiger partial charge on any atom is 0.223 e. The molecular weight excluding hydrogens is 252 g/mol.